The molecular formula is C12H22Cl2O2Si. The monoisotopic (exact) mass is 296 g/mol. The Hall–Kier alpha value is 0.297. The predicted molar refractivity (Wildman–Crippen MR) is 76.0 cm³/mol. The number of hydrogen-bond donors (Lipinski definition) is 0. The highest BCUT2D eigenvalue weighted by molar-refractivity contribution is 7.47. The lowest BCUT2D eigenvalue weighted by Gasteiger charge is -2.47. The van der Waals surface area contributed by atoms with E-state index in [1.165, 1.54) is 6.26 Å². The van der Waals surface area contributed by atoms with Crippen LogP contribution in [0.1, 0.15) is 27.2 Å². The third-order valence-electron chi connectivity index (χ3n) is 2.95. The molecule has 2 nitrogen and oxygen atoms in total. The Bertz CT molecular complexity index is 264. The van der Waals surface area contributed by atoms with Crippen LogP contribution in [0.3, 0.4) is 0 Å². The average molecular weight is 297 g/mol. The van der Waals surface area contributed by atoms with E-state index in [4.69, 9.17) is 31.6 Å². The van der Waals surface area contributed by atoms with E-state index in [-0.39, 0.29) is 11.5 Å². The standard InChI is InChI=1S/C12H22Cl2O2Si/c1-5-15-6-7-16-10-9-17(13,14)11(10)8-12(2,3)4/h5,10-11H,1,6-9H2,2-4H3/t10-,11+/m0/s1. The zero-order valence-corrected chi connectivity index (χ0v) is 13.4. The summed E-state index contributed by atoms with van der Waals surface area (Å²) in [6, 6.07) is 0.838. The van der Waals surface area contributed by atoms with Gasteiger partial charge in [0.2, 0.25) is 0 Å². The second-order valence-corrected chi connectivity index (χ2v) is 13.1. The van der Waals surface area contributed by atoms with Crippen molar-refractivity contribution in [2.75, 3.05) is 13.2 Å². The molecule has 0 radical (unpaired) electrons. The molecule has 1 saturated heterocycles. The van der Waals surface area contributed by atoms with Crippen LogP contribution in [-0.2, 0) is 9.47 Å². The fourth-order valence-electron chi connectivity index (χ4n) is 2.12. The summed E-state index contributed by atoms with van der Waals surface area (Å²) < 4.78 is 10.8. The summed E-state index contributed by atoms with van der Waals surface area (Å²) in [5.74, 6) is 0. The number of rotatable bonds is 6. The van der Waals surface area contributed by atoms with Gasteiger partial charge in [0, 0.05) is 5.54 Å². The van der Waals surface area contributed by atoms with Gasteiger partial charge in [0.1, 0.15) is 6.61 Å². The van der Waals surface area contributed by atoms with E-state index in [9.17, 15) is 0 Å². The van der Waals surface area contributed by atoms with Crippen LogP contribution in [0.15, 0.2) is 12.8 Å². The van der Waals surface area contributed by atoms with Crippen molar-refractivity contribution in [3.8, 4) is 0 Å². The van der Waals surface area contributed by atoms with Crippen LogP contribution >= 0.6 is 22.2 Å². The molecule has 2 atom stereocenters. The molecule has 0 spiro atoms. The fourth-order valence-corrected chi connectivity index (χ4v) is 6.81. The molecule has 0 aromatic carbocycles. The molecule has 0 saturated carbocycles. The Morgan fingerprint density at radius 3 is 2.47 bits per heavy atom. The second-order valence-electron chi connectivity index (χ2n) is 5.78. The van der Waals surface area contributed by atoms with Crippen LogP contribution < -0.4 is 0 Å². The zero-order valence-electron chi connectivity index (χ0n) is 10.8. The second kappa shape index (κ2) is 5.96. The van der Waals surface area contributed by atoms with E-state index in [1.807, 2.05) is 0 Å². The third-order valence-corrected chi connectivity index (χ3v) is 8.16. The number of halogens is 2. The smallest absolute Gasteiger partial charge is 0.259 e. The minimum atomic E-state index is -2.06. The predicted octanol–water partition coefficient (Wildman–Crippen LogP) is 4.27. The molecule has 0 unspecified atom stereocenters. The van der Waals surface area contributed by atoms with Crippen molar-refractivity contribution in [3.63, 3.8) is 0 Å². The quantitative estimate of drug-likeness (QED) is 0.315. The highest BCUT2D eigenvalue weighted by atomic mass is 35.7. The zero-order chi connectivity index (χ0) is 13.1. The molecule has 0 aliphatic carbocycles. The number of ether oxygens (including phenoxy) is 2. The minimum Gasteiger partial charge on any atom is -0.499 e. The van der Waals surface area contributed by atoms with Crippen molar-refractivity contribution in [2.45, 2.75) is 44.9 Å². The Morgan fingerprint density at radius 1 is 1.35 bits per heavy atom. The molecule has 0 aromatic heterocycles. The first-order chi connectivity index (χ1) is 7.76. The molecule has 1 fully saturated rings. The normalized spacial score (nSPS) is 27.4. The topological polar surface area (TPSA) is 18.5 Å². The van der Waals surface area contributed by atoms with Crippen LogP contribution in [0.5, 0.6) is 0 Å². The molecule has 1 heterocycles. The van der Waals surface area contributed by atoms with E-state index in [1.54, 1.807) is 0 Å². The van der Waals surface area contributed by atoms with Gasteiger partial charge >= 0.3 is 0 Å². The molecule has 5 heteroatoms. The van der Waals surface area contributed by atoms with Crippen molar-refractivity contribution >= 4 is 28.9 Å². The van der Waals surface area contributed by atoms with Gasteiger partial charge in [-0.2, -0.15) is 0 Å². The van der Waals surface area contributed by atoms with Gasteiger partial charge in [0.15, 0.2) is 0 Å². The highest BCUT2D eigenvalue weighted by Crippen LogP contribution is 2.54. The van der Waals surface area contributed by atoms with E-state index in [0.717, 1.165) is 12.5 Å². The Labute approximate surface area is 115 Å². The summed E-state index contributed by atoms with van der Waals surface area (Å²) in [6.07, 6.45) is 2.67. The molecule has 0 amide bonds. The minimum absolute atomic E-state index is 0.212. The van der Waals surface area contributed by atoms with Gasteiger partial charge in [-0.05, 0) is 17.9 Å². The van der Waals surface area contributed by atoms with E-state index < -0.39 is 6.69 Å². The van der Waals surface area contributed by atoms with Crippen molar-refractivity contribution < 1.29 is 9.47 Å². The summed E-state index contributed by atoms with van der Waals surface area (Å²) in [5.41, 5.74) is 0.585. The molecule has 1 rings (SSSR count). The van der Waals surface area contributed by atoms with Crippen LogP contribution in [0.25, 0.3) is 0 Å². The van der Waals surface area contributed by atoms with Crippen LogP contribution in [-0.4, -0.2) is 26.0 Å². The van der Waals surface area contributed by atoms with Gasteiger partial charge in [0.05, 0.1) is 19.0 Å². The van der Waals surface area contributed by atoms with Crippen LogP contribution in [0.2, 0.25) is 11.6 Å². The van der Waals surface area contributed by atoms with Gasteiger partial charge in [-0.25, -0.2) is 0 Å². The first-order valence-corrected chi connectivity index (χ1v) is 10.3. The first-order valence-electron chi connectivity index (χ1n) is 5.98. The molecule has 0 N–H and O–H groups in total. The molecular weight excluding hydrogens is 275 g/mol. The maximum atomic E-state index is 6.39. The Kier molecular flexibility index (Phi) is 5.38. The van der Waals surface area contributed by atoms with Gasteiger partial charge in [-0.3, -0.25) is 0 Å². The van der Waals surface area contributed by atoms with Crippen molar-refractivity contribution in [1.82, 2.24) is 0 Å². The van der Waals surface area contributed by atoms with Crippen LogP contribution in [0, 0.1) is 5.41 Å². The Balaban J connectivity index is 2.38. The summed E-state index contributed by atoms with van der Waals surface area (Å²) in [7, 11) is 0. The Morgan fingerprint density at radius 2 is 2.00 bits per heavy atom. The van der Waals surface area contributed by atoms with Crippen molar-refractivity contribution in [1.29, 1.82) is 0 Å². The highest BCUT2D eigenvalue weighted by Gasteiger charge is 2.56. The van der Waals surface area contributed by atoms with Crippen molar-refractivity contribution in [3.05, 3.63) is 12.8 Å². The molecule has 1 aliphatic heterocycles. The van der Waals surface area contributed by atoms with Gasteiger partial charge in [-0.1, -0.05) is 27.4 Å². The molecule has 0 aromatic rings. The van der Waals surface area contributed by atoms with Crippen LogP contribution in [0.4, 0.5) is 0 Å². The maximum absolute atomic E-state index is 6.39. The average Bonchev–Trinajstić information content (AvgIpc) is 2.18. The molecule has 17 heavy (non-hydrogen) atoms. The van der Waals surface area contributed by atoms with Gasteiger partial charge in [-0.15, -0.1) is 22.2 Å². The van der Waals surface area contributed by atoms with E-state index >= 15 is 0 Å². The maximum Gasteiger partial charge on any atom is 0.259 e. The summed E-state index contributed by atoms with van der Waals surface area (Å²) >= 11 is 12.8. The SMILES string of the molecule is C=COCCO[C@H]1C[Si](Cl)(Cl)[C@@H]1CC(C)(C)C. The third kappa shape index (κ3) is 4.82. The lowest BCUT2D eigenvalue weighted by atomic mass is 9.88. The molecule has 1 aliphatic rings. The number of hydrogen-bond acceptors (Lipinski definition) is 2. The van der Waals surface area contributed by atoms with Gasteiger partial charge in [0.25, 0.3) is 6.69 Å². The largest absolute Gasteiger partial charge is 0.499 e. The van der Waals surface area contributed by atoms with E-state index in [0.29, 0.717) is 18.8 Å². The molecule has 100 valence electrons. The van der Waals surface area contributed by atoms with E-state index in [2.05, 4.69) is 27.4 Å². The lowest BCUT2D eigenvalue weighted by Crippen LogP contribution is -2.51. The fraction of sp³-hybridized carbons (Fsp3) is 0.833. The summed E-state index contributed by atoms with van der Waals surface area (Å²) in [6.45, 7) is 9.17. The van der Waals surface area contributed by atoms with Gasteiger partial charge < -0.3 is 9.47 Å². The summed E-state index contributed by atoms with van der Waals surface area (Å²) in [5, 5.41) is 0. The lowest BCUT2D eigenvalue weighted by molar-refractivity contribution is 0.0125. The molecule has 0 bridgehead atoms. The first kappa shape index (κ1) is 15.4. The summed E-state index contributed by atoms with van der Waals surface area (Å²) in [4.78, 5) is 0. The van der Waals surface area contributed by atoms with Crippen molar-refractivity contribution in [2.24, 2.45) is 5.41 Å².